The summed E-state index contributed by atoms with van der Waals surface area (Å²) in [7, 11) is 0. The Morgan fingerprint density at radius 1 is 1.29 bits per heavy atom. The van der Waals surface area contributed by atoms with Gasteiger partial charge in [-0.2, -0.15) is 0 Å². The first-order valence-electron chi connectivity index (χ1n) is 5.12. The third kappa shape index (κ3) is 2.69. The molecule has 1 aliphatic rings. The van der Waals surface area contributed by atoms with Crippen LogP contribution in [-0.2, 0) is 11.2 Å². The molecule has 6 heteroatoms. The molecule has 92 valence electrons. The SMILES string of the molecule is O=C(OC(F)(F)F)N1CCCc2ccccc21. The molecule has 0 aliphatic carbocycles. The second-order valence-electron chi connectivity index (χ2n) is 3.70. The molecule has 2 rings (SSSR count). The van der Waals surface area contributed by atoms with Crippen LogP contribution in [0.25, 0.3) is 0 Å². The molecule has 0 radical (unpaired) electrons. The molecular weight excluding hydrogens is 235 g/mol. The van der Waals surface area contributed by atoms with E-state index in [0.29, 0.717) is 12.1 Å². The van der Waals surface area contributed by atoms with Crippen LogP contribution in [0.1, 0.15) is 12.0 Å². The Morgan fingerprint density at radius 2 is 2.00 bits per heavy atom. The molecule has 1 amide bonds. The van der Waals surface area contributed by atoms with E-state index in [-0.39, 0.29) is 6.54 Å². The van der Waals surface area contributed by atoms with Crippen LogP contribution < -0.4 is 4.90 Å². The van der Waals surface area contributed by atoms with Gasteiger partial charge < -0.3 is 4.74 Å². The monoisotopic (exact) mass is 245 g/mol. The fraction of sp³-hybridized carbons (Fsp3) is 0.364. The lowest BCUT2D eigenvalue weighted by atomic mass is 10.0. The van der Waals surface area contributed by atoms with Crippen molar-refractivity contribution in [3.63, 3.8) is 0 Å². The summed E-state index contributed by atoms with van der Waals surface area (Å²) in [6, 6.07) is 6.88. The molecule has 1 aromatic rings. The lowest BCUT2D eigenvalue weighted by molar-refractivity contribution is -0.290. The zero-order chi connectivity index (χ0) is 12.5. The van der Waals surface area contributed by atoms with Crippen LogP contribution in [0.2, 0.25) is 0 Å². The number of hydrogen-bond acceptors (Lipinski definition) is 2. The topological polar surface area (TPSA) is 29.5 Å². The Labute approximate surface area is 95.8 Å². The predicted molar refractivity (Wildman–Crippen MR) is 54.6 cm³/mol. The van der Waals surface area contributed by atoms with Crippen molar-refractivity contribution in [3.8, 4) is 0 Å². The Hall–Kier alpha value is -1.72. The van der Waals surface area contributed by atoms with Crippen LogP contribution in [0, 0.1) is 0 Å². The van der Waals surface area contributed by atoms with Crippen molar-refractivity contribution in [1.29, 1.82) is 0 Å². The zero-order valence-corrected chi connectivity index (χ0v) is 8.83. The summed E-state index contributed by atoms with van der Waals surface area (Å²) in [5.41, 5.74) is 1.35. The van der Waals surface area contributed by atoms with Crippen LogP contribution >= 0.6 is 0 Å². The quantitative estimate of drug-likeness (QED) is 0.702. The van der Waals surface area contributed by atoms with Gasteiger partial charge in [-0.15, -0.1) is 13.2 Å². The van der Waals surface area contributed by atoms with E-state index in [2.05, 4.69) is 4.74 Å². The van der Waals surface area contributed by atoms with Crippen LogP contribution in [0.5, 0.6) is 0 Å². The number of alkyl halides is 3. The third-order valence-electron chi connectivity index (χ3n) is 2.53. The molecule has 0 fully saturated rings. The number of para-hydroxylation sites is 1. The number of benzene rings is 1. The van der Waals surface area contributed by atoms with Gasteiger partial charge in [0.2, 0.25) is 0 Å². The van der Waals surface area contributed by atoms with Crippen molar-refractivity contribution >= 4 is 11.8 Å². The van der Waals surface area contributed by atoms with Gasteiger partial charge in [-0.25, -0.2) is 4.79 Å². The van der Waals surface area contributed by atoms with E-state index >= 15 is 0 Å². The van der Waals surface area contributed by atoms with Crippen molar-refractivity contribution in [1.82, 2.24) is 0 Å². The molecule has 3 nitrogen and oxygen atoms in total. The molecule has 0 N–H and O–H groups in total. The van der Waals surface area contributed by atoms with Crippen molar-refractivity contribution < 1.29 is 22.7 Å². The second-order valence-corrected chi connectivity index (χ2v) is 3.70. The maximum absolute atomic E-state index is 12.0. The zero-order valence-electron chi connectivity index (χ0n) is 8.83. The van der Waals surface area contributed by atoms with Gasteiger partial charge in [-0.3, -0.25) is 4.90 Å². The smallest absolute Gasteiger partial charge is 0.356 e. The maximum atomic E-state index is 12.0. The lowest BCUT2D eigenvalue weighted by Gasteiger charge is -2.28. The van der Waals surface area contributed by atoms with Gasteiger partial charge in [0.25, 0.3) is 0 Å². The van der Waals surface area contributed by atoms with Gasteiger partial charge in [-0.1, -0.05) is 18.2 Å². The number of rotatable bonds is 0. The first kappa shape index (κ1) is 11.8. The lowest BCUT2D eigenvalue weighted by Crippen LogP contribution is -2.38. The van der Waals surface area contributed by atoms with E-state index in [1.54, 1.807) is 24.3 Å². The van der Waals surface area contributed by atoms with Crippen LogP contribution in [0.4, 0.5) is 23.7 Å². The summed E-state index contributed by atoms with van der Waals surface area (Å²) in [4.78, 5) is 12.4. The standard InChI is InChI=1S/C11H10F3NO2/c12-11(13,14)17-10(16)15-7-3-5-8-4-1-2-6-9(8)15/h1-2,4,6H,3,5,7H2. The summed E-state index contributed by atoms with van der Waals surface area (Å²) in [5.74, 6) is 0. The minimum Gasteiger partial charge on any atom is -0.356 e. The molecule has 17 heavy (non-hydrogen) atoms. The molecule has 0 saturated carbocycles. The van der Waals surface area contributed by atoms with Gasteiger partial charge in [0.1, 0.15) is 0 Å². The molecule has 0 spiro atoms. The van der Waals surface area contributed by atoms with Gasteiger partial charge in [0.15, 0.2) is 0 Å². The number of hydrogen-bond donors (Lipinski definition) is 0. The number of ether oxygens (including phenoxy) is 1. The van der Waals surface area contributed by atoms with E-state index in [9.17, 15) is 18.0 Å². The summed E-state index contributed by atoms with van der Waals surface area (Å²) in [6.45, 7) is 0.242. The number of aryl methyl sites for hydroxylation is 1. The molecule has 1 heterocycles. The minimum absolute atomic E-state index is 0.242. The van der Waals surface area contributed by atoms with Gasteiger partial charge in [-0.05, 0) is 24.5 Å². The summed E-state index contributed by atoms with van der Waals surface area (Å²) < 4.78 is 39.3. The average molecular weight is 245 g/mol. The van der Waals surface area contributed by atoms with Crippen molar-refractivity contribution in [2.45, 2.75) is 19.2 Å². The number of amides is 1. The summed E-state index contributed by atoms with van der Waals surface area (Å²) >= 11 is 0. The fourth-order valence-corrected chi connectivity index (χ4v) is 1.88. The molecule has 1 aliphatic heterocycles. The van der Waals surface area contributed by atoms with Gasteiger partial charge in [0.05, 0.1) is 5.69 Å². The number of carbonyl (C=O) groups is 1. The number of anilines is 1. The largest absolute Gasteiger partial charge is 0.576 e. The first-order chi connectivity index (χ1) is 7.97. The number of nitrogens with zero attached hydrogens (tertiary/aromatic N) is 1. The van der Waals surface area contributed by atoms with Crippen LogP contribution in [0.15, 0.2) is 24.3 Å². The Kier molecular flexibility index (Phi) is 2.95. The molecule has 0 atom stereocenters. The number of carbonyl (C=O) groups excluding carboxylic acids is 1. The first-order valence-corrected chi connectivity index (χ1v) is 5.12. The second kappa shape index (κ2) is 4.27. The molecule has 0 bridgehead atoms. The summed E-state index contributed by atoms with van der Waals surface area (Å²) in [5, 5.41) is 0. The number of halogens is 3. The van der Waals surface area contributed by atoms with E-state index in [4.69, 9.17) is 0 Å². The van der Waals surface area contributed by atoms with Crippen LogP contribution in [-0.4, -0.2) is 19.0 Å². The predicted octanol–water partition coefficient (Wildman–Crippen LogP) is 3.10. The van der Waals surface area contributed by atoms with E-state index in [0.717, 1.165) is 16.9 Å². The molecule has 1 aromatic carbocycles. The maximum Gasteiger partial charge on any atom is 0.576 e. The van der Waals surface area contributed by atoms with E-state index in [1.807, 2.05) is 0 Å². The third-order valence-corrected chi connectivity index (χ3v) is 2.53. The molecule has 0 saturated heterocycles. The summed E-state index contributed by atoms with van der Waals surface area (Å²) in [6.07, 6.45) is -4.93. The molecule has 0 aromatic heterocycles. The van der Waals surface area contributed by atoms with Crippen molar-refractivity contribution in [2.24, 2.45) is 0 Å². The van der Waals surface area contributed by atoms with Crippen molar-refractivity contribution in [2.75, 3.05) is 11.4 Å². The van der Waals surface area contributed by atoms with E-state index in [1.165, 1.54) is 0 Å². The number of fused-ring (bicyclic) bond motifs is 1. The Bertz CT molecular complexity index is 431. The van der Waals surface area contributed by atoms with Crippen molar-refractivity contribution in [3.05, 3.63) is 29.8 Å². The highest BCUT2D eigenvalue weighted by Crippen LogP contribution is 2.28. The minimum atomic E-state index is -4.94. The molecular formula is C11H10F3NO2. The Morgan fingerprint density at radius 3 is 2.71 bits per heavy atom. The van der Waals surface area contributed by atoms with Gasteiger partial charge in [0, 0.05) is 6.54 Å². The van der Waals surface area contributed by atoms with Crippen LogP contribution in [0.3, 0.4) is 0 Å². The van der Waals surface area contributed by atoms with E-state index < -0.39 is 12.5 Å². The molecule has 0 unspecified atom stereocenters. The highest BCUT2D eigenvalue weighted by molar-refractivity contribution is 5.89. The van der Waals surface area contributed by atoms with Gasteiger partial charge >= 0.3 is 12.5 Å². The average Bonchev–Trinajstić information content (AvgIpc) is 2.26. The highest BCUT2D eigenvalue weighted by atomic mass is 19.4. The highest BCUT2D eigenvalue weighted by Gasteiger charge is 2.37. The Balaban J connectivity index is 2.21. The normalized spacial score (nSPS) is 15.4. The fourth-order valence-electron chi connectivity index (χ4n) is 1.88.